The van der Waals surface area contributed by atoms with Crippen molar-refractivity contribution in [3.63, 3.8) is 0 Å². The van der Waals surface area contributed by atoms with E-state index in [0.717, 1.165) is 21.7 Å². The number of H-pyrrole nitrogens is 1. The largest absolute Gasteiger partial charge is 0.462 e. The molecule has 5 aromatic rings. The maximum atomic E-state index is 14.1. The molecule has 0 spiro atoms. The highest BCUT2D eigenvalue weighted by Gasteiger charge is 2.43. The summed E-state index contributed by atoms with van der Waals surface area (Å²) in [5.41, 5.74) is 11.3. The second-order valence-electron chi connectivity index (χ2n) is 17.5. The van der Waals surface area contributed by atoms with E-state index in [2.05, 4.69) is 35.5 Å². The van der Waals surface area contributed by atoms with Gasteiger partial charge in [-0.3, -0.25) is 29.0 Å². The molecule has 67 heavy (non-hydrogen) atoms. The molecule has 0 bridgehead atoms. The van der Waals surface area contributed by atoms with Gasteiger partial charge in [-0.05, 0) is 73.9 Å². The van der Waals surface area contributed by atoms with Crippen molar-refractivity contribution in [3.05, 3.63) is 94.8 Å². The van der Waals surface area contributed by atoms with Crippen LogP contribution in [-0.2, 0) is 35.7 Å². The summed E-state index contributed by atoms with van der Waals surface area (Å²) in [5.74, 6) is -2.34. The van der Waals surface area contributed by atoms with Crippen LogP contribution in [0.25, 0.3) is 21.7 Å². The molecule has 3 atom stereocenters. The lowest BCUT2D eigenvalue weighted by Gasteiger charge is -2.35. The van der Waals surface area contributed by atoms with Gasteiger partial charge in [0.15, 0.2) is 5.82 Å². The Hall–Kier alpha value is -6.51. The molecule has 0 saturated carbocycles. The minimum atomic E-state index is -3.47. The molecular weight excluding hydrogens is 899 g/mol. The Labute approximate surface area is 393 Å². The summed E-state index contributed by atoms with van der Waals surface area (Å²) in [5, 5.41) is 23.4. The SMILES string of the molecule is CCS(=O)(=O)Nc1ccc(-c2[nH]nc(Nc3ccc(C(=O)OCCCCC(=O)CC[C@H](C(=O)N4C[C@H](O)C[C@H]4C(=O)NCc4ccc(-c5scnc5C)cc4)C(C)(C)C)cn3)c2C(N)=O)cc1. The van der Waals surface area contributed by atoms with Crippen LogP contribution in [0.1, 0.15) is 98.2 Å². The number of Topliss-reactive ketones (excluding diaryl/α,β-unsaturated/α-hetero) is 1. The van der Waals surface area contributed by atoms with Crippen molar-refractivity contribution < 1.29 is 42.2 Å². The number of nitrogens with zero attached hydrogens (tertiary/aromatic N) is 4. The van der Waals surface area contributed by atoms with Crippen LogP contribution in [0.5, 0.6) is 0 Å². The van der Waals surface area contributed by atoms with Crippen LogP contribution in [0, 0.1) is 18.3 Å². The fraction of sp³-hybridized carbons (Fsp3) is 0.404. The molecule has 1 aliphatic rings. The van der Waals surface area contributed by atoms with E-state index in [1.807, 2.05) is 52.0 Å². The number of aryl methyl sites for hydroxylation is 1. The number of primary amides is 1. The van der Waals surface area contributed by atoms with Gasteiger partial charge < -0.3 is 31.1 Å². The average Bonchev–Trinajstić information content (AvgIpc) is 4.03. The Kier molecular flexibility index (Phi) is 16.3. The third kappa shape index (κ3) is 13.1. The number of hydrogen-bond donors (Lipinski definition) is 6. The summed E-state index contributed by atoms with van der Waals surface area (Å²) in [7, 11) is -3.47. The lowest BCUT2D eigenvalue weighted by molar-refractivity contribution is -0.145. The number of aliphatic hydroxyl groups excluding tert-OH is 1. The highest BCUT2D eigenvalue weighted by atomic mass is 32.2. The summed E-state index contributed by atoms with van der Waals surface area (Å²) in [6.45, 7) is 9.63. The zero-order chi connectivity index (χ0) is 48.5. The number of hydrogen-bond acceptors (Lipinski definition) is 14. The summed E-state index contributed by atoms with van der Waals surface area (Å²) in [6.07, 6.45) is 2.15. The highest BCUT2D eigenvalue weighted by molar-refractivity contribution is 7.92. The van der Waals surface area contributed by atoms with E-state index in [1.54, 1.807) is 41.1 Å². The van der Waals surface area contributed by atoms with Crippen LogP contribution >= 0.6 is 11.3 Å². The van der Waals surface area contributed by atoms with E-state index in [-0.39, 0.29) is 91.5 Å². The number of thiazole rings is 1. The number of ether oxygens (including phenoxy) is 1. The molecular formula is C47H57N9O9S2. The Morgan fingerprint density at radius 1 is 0.985 bits per heavy atom. The predicted octanol–water partition coefficient (Wildman–Crippen LogP) is 6.12. The number of aliphatic hydroxyl groups is 1. The lowest BCUT2D eigenvalue weighted by Crippen LogP contribution is -2.49. The van der Waals surface area contributed by atoms with Crippen molar-refractivity contribution in [1.82, 2.24) is 30.4 Å². The van der Waals surface area contributed by atoms with E-state index in [9.17, 15) is 37.5 Å². The van der Waals surface area contributed by atoms with Crippen LogP contribution in [0.2, 0.25) is 0 Å². The van der Waals surface area contributed by atoms with Crippen molar-refractivity contribution in [1.29, 1.82) is 0 Å². The van der Waals surface area contributed by atoms with Crippen LogP contribution in [0.15, 0.2) is 72.4 Å². The number of esters is 1. The van der Waals surface area contributed by atoms with Gasteiger partial charge in [0.05, 0.1) is 45.8 Å². The number of carbonyl (C=O) groups is 5. The number of pyridine rings is 1. The predicted molar refractivity (Wildman–Crippen MR) is 255 cm³/mol. The lowest BCUT2D eigenvalue weighted by atomic mass is 9.76. The molecule has 1 fully saturated rings. The number of unbranched alkanes of at least 4 members (excludes halogenated alkanes) is 1. The first-order valence-electron chi connectivity index (χ1n) is 22.0. The molecule has 0 unspecified atom stereocenters. The highest BCUT2D eigenvalue weighted by Crippen LogP contribution is 2.35. The molecule has 3 aromatic heterocycles. The third-order valence-corrected chi connectivity index (χ3v) is 13.8. The number of benzene rings is 2. The van der Waals surface area contributed by atoms with E-state index in [1.165, 1.54) is 30.2 Å². The number of anilines is 3. The number of sulfonamides is 1. The van der Waals surface area contributed by atoms with Gasteiger partial charge in [-0.25, -0.2) is 23.2 Å². The number of carbonyl (C=O) groups excluding carboxylic acids is 5. The average molecular weight is 956 g/mol. The maximum Gasteiger partial charge on any atom is 0.339 e. The Balaban J connectivity index is 0.933. The third-order valence-electron chi connectivity index (χ3n) is 11.5. The molecule has 0 radical (unpaired) electrons. The Morgan fingerprint density at radius 3 is 2.33 bits per heavy atom. The second-order valence-corrected chi connectivity index (χ2v) is 20.4. The quantitative estimate of drug-likeness (QED) is 0.0358. The fourth-order valence-electron chi connectivity index (χ4n) is 7.74. The molecule has 20 heteroatoms. The number of aromatic nitrogens is 4. The molecule has 2 aromatic carbocycles. The van der Waals surface area contributed by atoms with Crippen LogP contribution in [-0.4, -0.2) is 99.1 Å². The number of nitrogens with one attached hydrogen (secondary N) is 4. The van der Waals surface area contributed by atoms with Crippen LogP contribution in [0.4, 0.5) is 17.3 Å². The number of ketones is 1. The van der Waals surface area contributed by atoms with Crippen LogP contribution < -0.4 is 21.1 Å². The summed E-state index contributed by atoms with van der Waals surface area (Å²) in [4.78, 5) is 76.9. The van der Waals surface area contributed by atoms with Gasteiger partial charge in [-0.2, -0.15) is 5.10 Å². The van der Waals surface area contributed by atoms with Crippen molar-refractivity contribution in [3.8, 4) is 21.7 Å². The normalized spacial score (nSPS) is 15.5. The first kappa shape index (κ1) is 49.9. The van der Waals surface area contributed by atoms with Gasteiger partial charge in [0.2, 0.25) is 21.8 Å². The van der Waals surface area contributed by atoms with E-state index < -0.39 is 45.4 Å². The Morgan fingerprint density at radius 2 is 1.70 bits per heavy atom. The molecule has 7 N–H and O–H groups in total. The van der Waals surface area contributed by atoms with E-state index in [0.29, 0.717) is 29.8 Å². The van der Waals surface area contributed by atoms with Crippen molar-refractivity contribution in [2.45, 2.75) is 91.8 Å². The topological polar surface area (TPSA) is 269 Å². The molecule has 0 aliphatic carbocycles. The van der Waals surface area contributed by atoms with Gasteiger partial charge in [-0.1, -0.05) is 57.2 Å². The Bertz CT molecular complexity index is 2660. The smallest absolute Gasteiger partial charge is 0.339 e. The van der Waals surface area contributed by atoms with Crippen molar-refractivity contribution in [2.75, 3.05) is 28.9 Å². The van der Waals surface area contributed by atoms with Gasteiger partial charge in [0, 0.05) is 55.7 Å². The molecule has 4 heterocycles. The first-order chi connectivity index (χ1) is 31.8. The van der Waals surface area contributed by atoms with Gasteiger partial charge in [0.1, 0.15) is 23.2 Å². The number of amides is 3. The zero-order valence-electron chi connectivity index (χ0n) is 38.1. The van der Waals surface area contributed by atoms with E-state index >= 15 is 0 Å². The molecule has 3 amide bonds. The fourth-order valence-corrected chi connectivity index (χ4v) is 9.19. The van der Waals surface area contributed by atoms with Gasteiger partial charge in [-0.15, -0.1) is 11.3 Å². The maximum absolute atomic E-state index is 14.1. The minimum absolute atomic E-state index is 0.0355. The number of β-amino-alcohol motifs (C(OH)–C–C–N with tert-alkyl or cyclic N) is 1. The summed E-state index contributed by atoms with van der Waals surface area (Å²) in [6, 6.07) is 16.3. The molecule has 1 aliphatic heterocycles. The number of rotatable bonds is 21. The molecule has 1 saturated heterocycles. The van der Waals surface area contributed by atoms with Crippen molar-refractivity contribution in [2.24, 2.45) is 17.1 Å². The standard InChI is InChI=1S/C47H57N9O9S2/c1-6-67(63,64)55-33-17-14-30(15-18-33)40-39(42(48)59)43(54-53-40)52-38-21-16-32(25-49-38)46(62)65-22-8-7-9-34(57)19-20-36(47(3,4)5)45(61)56-26-35(58)23-37(56)44(60)50-24-29-10-12-31(13-11-29)41-28(2)51-27-66-41/h10-18,21,25,27,35-37,55,58H,6-9,19-20,22-24,26H2,1-5H3,(H2,48,59)(H,50,60)(H2,49,52,53,54)/t35-,36-,37+/m1/s1. The monoisotopic (exact) mass is 955 g/mol. The van der Waals surface area contributed by atoms with Gasteiger partial charge >= 0.3 is 5.97 Å². The van der Waals surface area contributed by atoms with Crippen molar-refractivity contribution >= 4 is 68.2 Å². The number of nitrogens with two attached hydrogens (primary N) is 1. The first-order valence-corrected chi connectivity index (χ1v) is 24.5. The summed E-state index contributed by atoms with van der Waals surface area (Å²) >= 11 is 1.57. The number of likely N-dealkylation sites (tertiary alicyclic amines) is 1. The zero-order valence-corrected chi connectivity index (χ0v) is 39.8. The number of aromatic amines is 1. The van der Waals surface area contributed by atoms with E-state index in [4.69, 9.17) is 10.5 Å². The second kappa shape index (κ2) is 21.9. The molecule has 356 valence electrons. The minimum Gasteiger partial charge on any atom is -0.462 e. The summed E-state index contributed by atoms with van der Waals surface area (Å²) < 4.78 is 31.7. The molecule has 6 rings (SSSR count). The molecule has 18 nitrogen and oxygen atoms in total. The van der Waals surface area contributed by atoms with Gasteiger partial charge in [0.25, 0.3) is 5.91 Å². The van der Waals surface area contributed by atoms with Crippen LogP contribution in [0.3, 0.4) is 0 Å².